The van der Waals surface area contributed by atoms with Crippen molar-refractivity contribution in [2.45, 2.75) is 45.3 Å². The van der Waals surface area contributed by atoms with Crippen molar-refractivity contribution in [1.29, 1.82) is 0 Å². The molecule has 11 nitrogen and oxygen atoms in total. The SMILES string of the molecule is CC(C)(C)[C@]12C[C@@H](CN1C(=O)O)N(Cc1cc(-c3ccnc4c(-c5cccc6[nH]ncc56)c(-c5ccncc5)nn34)co1)C2. The first-order valence-corrected chi connectivity index (χ1v) is 14.8. The van der Waals surface area contributed by atoms with E-state index in [9.17, 15) is 9.90 Å². The molecule has 2 aliphatic heterocycles. The van der Waals surface area contributed by atoms with Gasteiger partial charge in [-0.05, 0) is 47.7 Å². The number of hydrogen-bond donors (Lipinski definition) is 2. The topological polar surface area (TPSA) is 129 Å². The fourth-order valence-corrected chi connectivity index (χ4v) is 7.31. The number of nitrogens with one attached hydrogen (secondary N) is 1. The fraction of sp³-hybridized carbons (Fsp3) is 0.303. The molecule has 1 aromatic carbocycles. The number of hydrogen-bond acceptors (Lipinski definition) is 7. The van der Waals surface area contributed by atoms with Crippen LogP contribution in [-0.2, 0) is 6.54 Å². The number of amides is 1. The average molecular weight is 589 g/mol. The zero-order valence-corrected chi connectivity index (χ0v) is 24.7. The maximum atomic E-state index is 12.1. The minimum atomic E-state index is -0.835. The number of aromatic nitrogens is 6. The highest BCUT2D eigenvalue weighted by atomic mass is 16.4. The third-order valence-electron chi connectivity index (χ3n) is 9.63. The molecule has 0 unspecified atom stereocenters. The largest absolute Gasteiger partial charge is 0.467 e. The monoisotopic (exact) mass is 588 g/mol. The summed E-state index contributed by atoms with van der Waals surface area (Å²) in [6.07, 6.45) is 8.94. The summed E-state index contributed by atoms with van der Waals surface area (Å²) in [7, 11) is 0. The molecule has 5 aromatic heterocycles. The number of likely N-dealkylation sites (tertiary alicyclic amines) is 2. The Kier molecular flexibility index (Phi) is 5.73. The lowest BCUT2D eigenvalue weighted by molar-refractivity contribution is -0.000405. The van der Waals surface area contributed by atoms with Crippen LogP contribution in [0.25, 0.3) is 50.2 Å². The number of carboxylic acid groups (broad SMARTS) is 1. The number of H-pyrrole nitrogens is 1. The molecule has 0 radical (unpaired) electrons. The van der Waals surface area contributed by atoms with Crippen molar-refractivity contribution in [3.05, 3.63) is 79.3 Å². The van der Waals surface area contributed by atoms with E-state index in [2.05, 4.69) is 53.0 Å². The predicted octanol–water partition coefficient (Wildman–Crippen LogP) is 5.95. The van der Waals surface area contributed by atoms with E-state index in [1.165, 1.54) is 0 Å². The number of pyridine rings is 1. The molecule has 0 saturated carbocycles. The number of piperazine rings is 1. The highest BCUT2D eigenvalue weighted by Gasteiger charge is 2.61. The van der Waals surface area contributed by atoms with Crippen LogP contribution in [0.15, 0.2) is 77.9 Å². The third kappa shape index (κ3) is 3.88. The van der Waals surface area contributed by atoms with Gasteiger partial charge in [-0.3, -0.25) is 19.9 Å². The van der Waals surface area contributed by atoms with E-state index in [4.69, 9.17) is 14.5 Å². The lowest BCUT2D eigenvalue weighted by Gasteiger charge is -2.48. The zero-order valence-electron chi connectivity index (χ0n) is 24.7. The van der Waals surface area contributed by atoms with Gasteiger partial charge in [0.25, 0.3) is 0 Å². The van der Waals surface area contributed by atoms with Crippen LogP contribution in [0, 0.1) is 5.41 Å². The summed E-state index contributed by atoms with van der Waals surface area (Å²) in [6.45, 7) is 8.22. The maximum absolute atomic E-state index is 12.1. The van der Waals surface area contributed by atoms with Gasteiger partial charge in [0.2, 0.25) is 0 Å². The van der Waals surface area contributed by atoms with Crippen molar-refractivity contribution >= 4 is 22.6 Å². The number of aromatic amines is 1. The van der Waals surface area contributed by atoms with Gasteiger partial charge in [0, 0.05) is 54.2 Å². The number of carbonyl (C=O) groups is 1. The molecule has 0 spiro atoms. The van der Waals surface area contributed by atoms with Gasteiger partial charge in [-0.1, -0.05) is 32.9 Å². The predicted molar refractivity (Wildman–Crippen MR) is 165 cm³/mol. The fourth-order valence-electron chi connectivity index (χ4n) is 7.31. The molecule has 8 rings (SSSR count). The zero-order chi connectivity index (χ0) is 30.2. The second-order valence-electron chi connectivity index (χ2n) is 12.9. The number of rotatable bonds is 5. The molecule has 222 valence electrons. The molecule has 1 amide bonds. The van der Waals surface area contributed by atoms with E-state index >= 15 is 0 Å². The Morgan fingerprint density at radius 2 is 1.98 bits per heavy atom. The molecule has 0 aliphatic carbocycles. The standard InChI is InChI=1S/C33H32N8O3/c1-32(2,3)33-14-22(16-40(33)31(42)43)39(19-33)17-23-13-21(18-44-23)27-9-12-35-30-28(24-5-4-6-26-25(24)15-36-37-26)29(38-41(27)30)20-7-10-34-11-8-20/h4-13,15,18,22H,14,16-17,19H2,1-3H3,(H,36,37)(H,42,43)/t22-,33+/m0/s1. The first-order valence-electron chi connectivity index (χ1n) is 14.8. The van der Waals surface area contributed by atoms with Crippen LogP contribution >= 0.6 is 0 Å². The molecule has 2 N–H and O–H groups in total. The van der Waals surface area contributed by atoms with Gasteiger partial charge in [-0.2, -0.15) is 10.2 Å². The molecule has 2 fully saturated rings. The summed E-state index contributed by atoms with van der Waals surface area (Å²) in [5.41, 5.74) is 6.46. The van der Waals surface area contributed by atoms with Gasteiger partial charge in [0.05, 0.1) is 35.1 Å². The highest BCUT2D eigenvalue weighted by Crippen LogP contribution is 2.50. The van der Waals surface area contributed by atoms with Crippen LogP contribution in [0.2, 0.25) is 0 Å². The second-order valence-corrected chi connectivity index (χ2v) is 12.9. The Hall–Kier alpha value is -5.03. The van der Waals surface area contributed by atoms with Crippen LogP contribution in [0.1, 0.15) is 33.0 Å². The van der Waals surface area contributed by atoms with Crippen LogP contribution in [0.3, 0.4) is 0 Å². The highest BCUT2D eigenvalue weighted by molar-refractivity contribution is 6.02. The first-order chi connectivity index (χ1) is 21.2. The number of furan rings is 1. The second kappa shape index (κ2) is 9.48. The molecule has 7 heterocycles. The van der Waals surface area contributed by atoms with E-state index in [0.717, 1.165) is 62.4 Å². The Balaban J connectivity index is 1.18. The first kappa shape index (κ1) is 26.6. The molecular formula is C33H32N8O3. The molecule has 11 heteroatoms. The van der Waals surface area contributed by atoms with E-state index < -0.39 is 11.6 Å². The molecular weight excluding hydrogens is 556 g/mol. The normalized spacial score (nSPS) is 20.3. The van der Waals surface area contributed by atoms with Gasteiger partial charge < -0.3 is 9.52 Å². The van der Waals surface area contributed by atoms with Crippen LogP contribution < -0.4 is 0 Å². The minimum absolute atomic E-state index is 0.161. The van der Waals surface area contributed by atoms with E-state index in [1.54, 1.807) is 29.8 Å². The van der Waals surface area contributed by atoms with Crippen LogP contribution in [0.5, 0.6) is 0 Å². The summed E-state index contributed by atoms with van der Waals surface area (Å²) in [5.74, 6) is 0.827. The summed E-state index contributed by atoms with van der Waals surface area (Å²) in [4.78, 5) is 25.2. The summed E-state index contributed by atoms with van der Waals surface area (Å²) >= 11 is 0. The van der Waals surface area contributed by atoms with E-state index in [-0.39, 0.29) is 11.5 Å². The van der Waals surface area contributed by atoms with E-state index in [1.807, 2.05) is 41.0 Å². The van der Waals surface area contributed by atoms with Crippen molar-refractivity contribution in [2.24, 2.45) is 5.41 Å². The van der Waals surface area contributed by atoms with Crippen molar-refractivity contribution in [2.75, 3.05) is 13.1 Å². The lowest BCUT2D eigenvalue weighted by atomic mass is 9.73. The van der Waals surface area contributed by atoms with Crippen molar-refractivity contribution < 1.29 is 14.3 Å². The summed E-state index contributed by atoms with van der Waals surface area (Å²) < 4.78 is 8.01. The van der Waals surface area contributed by atoms with Crippen molar-refractivity contribution in [3.8, 4) is 33.6 Å². The molecule has 2 saturated heterocycles. The Bertz CT molecular complexity index is 2040. The van der Waals surface area contributed by atoms with Gasteiger partial charge in [0.1, 0.15) is 17.7 Å². The average Bonchev–Trinajstić information content (AvgIpc) is 3.84. The smallest absolute Gasteiger partial charge is 0.407 e. The maximum Gasteiger partial charge on any atom is 0.407 e. The van der Waals surface area contributed by atoms with Gasteiger partial charge >= 0.3 is 6.09 Å². The van der Waals surface area contributed by atoms with Gasteiger partial charge in [-0.25, -0.2) is 14.3 Å². The lowest BCUT2D eigenvalue weighted by Crippen LogP contribution is -2.61. The third-order valence-corrected chi connectivity index (χ3v) is 9.63. The van der Waals surface area contributed by atoms with Crippen molar-refractivity contribution in [3.63, 3.8) is 0 Å². The molecule has 6 aromatic rings. The molecule has 2 bridgehead atoms. The van der Waals surface area contributed by atoms with E-state index in [0.29, 0.717) is 19.6 Å². The Morgan fingerprint density at radius 1 is 1.14 bits per heavy atom. The number of nitrogens with zero attached hydrogens (tertiary/aromatic N) is 7. The number of fused-ring (bicyclic) bond motifs is 4. The quantitative estimate of drug-likeness (QED) is 0.253. The van der Waals surface area contributed by atoms with Crippen LogP contribution in [-0.4, -0.2) is 75.4 Å². The molecule has 2 atom stereocenters. The summed E-state index contributed by atoms with van der Waals surface area (Å²) in [6, 6.07) is 14.2. The summed E-state index contributed by atoms with van der Waals surface area (Å²) in [5, 5.41) is 23.4. The van der Waals surface area contributed by atoms with Crippen LogP contribution in [0.4, 0.5) is 4.79 Å². The van der Waals surface area contributed by atoms with Gasteiger partial charge in [0.15, 0.2) is 5.65 Å². The number of benzene rings is 1. The Labute approximate surface area is 253 Å². The minimum Gasteiger partial charge on any atom is -0.467 e. The van der Waals surface area contributed by atoms with Crippen molar-refractivity contribution in [1.82, 2.24) is 39.6 Å². The Morgan fingerprint density at radius 3 is 2.77 bits per heavy atom. The molecule has 2 aliphatic rings. The van der Waals surface area contributed by atoms with Gasteiger partial charge in [-0.15, -0.1) is 0 Å². The molecule has 44 heavy (non-hydrogen) atoms.